The van der Waals surface area contributed by atoms with Crippen LogP contribution in [0.4, 0.5) is 0 Å². The average Bonchev–Trinajstić information content (AvgIpc) is 2.19. The first-order chi connectivity index (χ1) is 7.11. The molecule has 1 saturated heterocycles. The SMILES string of the molecule is CCCS(=O)(=O)N1CCCCC1CCCl. The molecule has 1 atom stereocenters. The lowest BCUT2D eigenvalue weighted by atomic mass is 10.0. The Kier molecular flexibility index (Phi) is 5.36. The van der Waals surface area contributed by atoms with E-state index in [4.69, 9.17) is 11.6 Å². The Morgan fingerprint density at radius 2 is 2.13 bits per heavy atom. The molecule has 3 nitrogen and oxygen atoms in total. The van der Waals surface area contributed by atoms with E-state index in [1.807, 2.05) is 6.92 Å². The van der Waals surface area contributed by atoms with Crippen LogP contribution in [0.2, 0.25) is 0 Å². The van der Waals surface area contributed by atoms with Crippen LogP contribution in [0, 0.1) is 0 Å². The fraction of sp³-hybridized carbons (Fsp3) is 1.00. The molecule has 1 fully saturated rings. The summed E-state index contributed by atoms with van der Waals surface area (Å²) < 4.78 is 25.6. The van der Waals surface area contributed by atoms with E-state index in [1.165, 1.54) is 0 Å². The van der Waals surface area contributed by atoms with Crippen LogP contribution in [-0.2, 0) is 10.0 Å². The summed E-state index contributed by atoms with van der Waals surface area (Å²) in [6.07, 6.45) is 4.55. The molecule has 1 rings (SSSR count). The number of piperidine rings is 1. The smallest absolute Gasteiger partial charge is 0.212 e. The van der Waals surface area contributed by atoms with Gasteiger partial charge in [0.25, 0.3) is 0 Å². The van der Waals surface area contributed by atoms with Crippen LogP contribution in [0.3, 0.4) is 0 Å². The van der Waals surface area contributed by atoms with Crippen molar-refractivity contribution in [2.24, 2.45) is 0 Å². The molecular weight excluding hydrogens is 234 g/mol. The summed E-state index contributed by atoms with van der Waals surface area (Å²) >= 11 is 5.71. The van der Waals surface area contributed by atoms with E-state index in [0.29, 0.717) is 18.8 Å². The van der Waals surface area contributed by atoms with Gasteiger partial charge < -0.3 is 0 Å². The molecule has 0 aromatic rings. The van der Waals surface area contributed by atoms with Gasteiger partial charge in [-0.05, 0) is 25.7 Å². The van der Waals surface area contributed by atoms with Crippen molar-refractivity contribution in [3.8, 4) is 0 Å². The molecule has 0 aromatic heterocycles. The Hall–Kier alpha value is 0.200. The standard InChI is InChI=1S/C10H20ClNO2S/c1-2-9-15(13,14)12-8-4-3-5-10(12)6-7-11/h10H,2-9H2,1H3. The van der Waals surface area contributed by atoms with Crippen LogP contribution in [0.5, 0.6) is 0 Å². The third-order valence-corrected chi connectivity index (χ3v) is 5.17. The van der Waals surface area contributed by atoms with Crippen molar-refractivity contribution >= 4 is 21.6 Å². The first kappa shape index (κ1) is 13.3. The highest BCUT2D eigenvalue weighted by Gasteiger charge is 2.30. The summed E-state index contributed by atoms with van der Waals surface area (Å²) in [5.74, 6) is 0.814. The summed E-state index contributed by atoms with van der Waals surface area (Å²) in [6, 6.07) is 0.146. The highest BCUT2D eigenvalue weighted by atomic mass is 35.5. The van der Waals surface area contributed by atoms with Gasteiger partial charge in [-0.2, -0.15) is 4.31 Å². The monoisotopic (exact) mass is 253 g/mol. The minimum Gasteiger partial charge on any atom is -0.212 e. The third-order valence-electron chi connectivity index (χ3n) is 2.83. The van der Waals surface area contributed by atoms with Gasteiger partial charge in [0.1, 0.15) is 0 Å². The number of halogens is 1. The molecule has 0 aliphatic carbocycles. The van der Waals surface area contributed by atoms with Crippen LogP contribution >= 0.6 is 11.6 Å². The molecular formula is C10H20ClNO2S. The number of rotatable bonds is 5. The minimum absolute atomic E-state index is 0.146. The second-order valence-corrected chi connectivity index (χ2v) is 6.47. The second-order valence-electron chi connectivity index (χ2n) is 4.05. The van der Waals surface area contributed by atoms with E-state index in [1.54, 1.807) is 4.31 Å². The molecule has 1 heterocycles. The molecule has 0 saturated carbocycles. The van der Waals surface area contributed by atoms with Crippen molar-refractivity contribution < 1.29 is 8.42 Å². The Labute approximate surface area is 97.8 Å². The predicted molar refractivity (Wildman–Crippen MR) is 63.8 cm³/mol. The number of sulfonamides is 1. The normalized spacial score (nSPS) is 24.3. The van der Waals surface area contributed by atoms with Crippen LogP contribution in [0.1, 0.15) is 39.0 Å². The fourth-order valence-corrected chi connectivity index (χ4v) is 4.20. The van der Waals surface area contributed by atoms with Gasteiger partial charge in [-0.15, -0.1) is 11.6 Å². The Balaban J connectivity index is 2.70. The zero-order valence-corrected chi connectivity index (χ0v) is 10.9. The molecule has 5 heteroatoms. The van der Waals surface area contributed by atoms with Gasteiger partial charge in [0.05, 0.1) is 5.75 Å². The molecule has 0 bridgehead atoms. The average molecular weight is 254 g/mol. The maximum Gasteiger partial charge on any atom is 0.214 e. The van der Waals surface area contributed by atoms with Crippen LogP contribution in [0.25, 0.3) is 0 Å². The van der Waals surface area contributed by atoms with Crippen molar-refractivity contribution in [3.63, 3.8) is 0 Å². The van der Waals surface area contributed by atoms with Crippen molar-refractivity contribution in [1.29, 1.82) is 0 Å². The molecule has 15 heavy (non-hydrogen) atoms. The fourth-order valence-electron chi connectivity index (χ4n) is 2.13. The molecule has 1 aliphatic rings. The Morgan fingerprint density at radius 3 is 2.73 bits per heavy atom. The van der Waals surface area contributed by atoms with Crippen LogP contribution in [-0.4, -0.2) is 36.9 Å². The minimum atomic E-state index is -3.03. The van der Waals surface area contributed by atoms with Crippen molar-refractivity contribution in [2.75, 3.05) is 18.2 Å². The quantitative estimate of drug-likeness (QED) is 0.705. The summed E-state index contributed by atoms with van der Waals surface area (Å²) in [5.41, 5.74) is 0. The van der Waals surface area contributed by atoms with Crippen LogP contribution in [0.15, 0.2) is 0 Å². The topological polar surface area (TPSA) is 37.4 Å². The predicted octanol–water partition coefficient (Wildman–Crippen LogP) is 2.21. The maximum atomic E-state index is 12.0. The number of hydrogen-bond acceptors (Lipinski definition) is 2. The first-order valence-corrected chi connectivity index (χ1v) is 7.81. The molecule has 1 unspecified atom stereocenters. The third kappa shape index (κ3) is 3.61. The molecule has 0 aromatic carbocycles. The largest absolute Gasteiger partial charge is 0.214 e. The number of alkyl halides is 1. The van der Waals surface area contributed by atoms with E-state index in [2.05, 4.69) is 0 Å². The molecule has 90 valence electrons. The van der Waals surface area contributed by atoms with Gasteiger partial charge in [0, 0.05) is 18.5 Å². The molecule has 0 amide bonds. The molecule has 0 spiro atoms. The second kappa shape index (κ2) is 6.06. The Morgan fingerprint density at radius 1 is 1.40 bits per heavy atom. The zero-order chi connectivity index (χ0) is 11.3. The van der Waals surface area contributed by atoms with E-state index >= 15 is 0 Å². The maximum absolute atomic E-state index is 12.0. The van der Waals surface area contributed by atoms with Gasteiger partial charge in [-0.25, -0.2) is 8.42 Å². The van der Waals surface area contributed by atoms with Gasteiger partial charge in [0.15, 0.2) is 0 Å². The summed E-state index contributed by atoms with van der Waals surface area (Å²) in [5, 5.41) is 0. The molecule has 1 aliphatic heterocycles. The van der Waals surface area contributed by atoms with Gasteiger partial charge >= 0.3 is 0 Å². The van der Waals surface area contributed by atoms with Gasteiger partial charge in [-0.3, -0.25) is 0 Å². The van der Waals surface area contributed by atoms with E-state index in [9.17, 15) is 8.42 Å². The summed E-state index contributed by atoms with van der Waals surface area (Å²) in [4.78, 5) is 0. The first-order valence-electron chi connectivity index (χ1n) is 5.67. The van der Waals surface area contributed by atoms with Crippen molar-refractivity contribution in [2.45, 2.75) is 45.1 Å². The van der Waals surface area contributed by atoms with Gasteiger partial charge in [0.2, 0.25) is 10.0 Å². The van der Waals surface area contributed by atoms with Crippen LogP contribution < -0.4 is 0 Å². The van der Waals surface area contributed by atoms with E-state index < -0.39 is 10.0 Å². The van der Waals surface area contributed by atoms with Gasteiger partial charge in [-0.1, -0.05) is 13.3 Å². The molecule has 0 N–H and O–H groups in total. The zero-order valence-electron chi connectivity index (χ0n) is 9.28. The van der Waals surface area contributed by atoms with E-state index in [0.717, 1.165) is 25.7 Å². The number of hydrogen-bond donors (Lipinski definition) is 0. The Bertz CT molecular complexity index is 277. The lowest BCUT2D eigenvalue weighted by Crippen LogP contribution is -2.44. The summed E-state index contributed by atoms with van der Waals surface area (Å²) in [6.45, 7) is 2.59. The van der Waals surface area contributed by atoms with Crippen molar-refractivity contribution in [3.05, 3.63) is 0 Å². The van der Waals surface area contributed by atoms with E-state index in [-0.39, 0.29) is 11.8 Å². The van der Waals surface area contributed by atoms with Crippen molar-refractivity contribution in [1.82, 2.24) is 4.31 Å². The lowest BCUT2D eigenvalue weighted by molar-refractivity contribution is 0.247. The molecule has 0 radical (unpaired) electrons. The highest BCUT2D eigenvalue weighted by molar-refractivity contribution is 7.89. The number of nitrogens with zero attached hydrogens (tertiary/aromatic N) is 1. The summed E-state index contributed by atoms with van der Waals surface area (Å²) in [7, 11) is -3.03. The lowest BCUT2D eigenvalue weighted by Gasteiger charge is -2.34. The highest BCUT2D eigenvalue weighted by Crippen LogP contribution is 2.23.